The van der Waals surface area contributed by atoms with Crippen LogP contribution in [0.5, 0.6) is 0 Å². The van der Waals surface area contributed by atoms with Gasteiger partial charge in [-0.15, -0.1) is 0 Å². The van der Waals surface area contributed by atoms with E-state index in [1.807, 2.05) is 6.92 Å². The summed E-state index contributed by atoms with van der Waals surface area (Å²) in [6.07, 6.45) is 28.8. The Hall–Kier alpha value is -1.61. The quantitative estimate of drug-likeness (QED) is 0.207. The third-order valence-electron chi connectivity index (χ3n) is 4.19. The van der Waals surface area contributed by atoms with E-state index in [4.69, 9.17) is 9.84 Å². The third-order valence-corrected chi connectivity index (χ3v) is 4.19. The van der Waals surface area contributed by atoms with Gasteiger partial charge >= 0.3 is 5.97 Å². The van der Waals surface area contributed by atoms with E-state index >= 15 is 0 Å². The summed E-state index contributed by atoms with van der Waals surface area (Å²) in [7, 11) is 0. The van der Waals surface area contributed by atoms with Crippen molar-refractivity contribution in [1.29, 1.82) is 0 Å². The van der Waals surface area contributed by atoms with E-state index in [1.165, 1.54) is 25.7 Å². The molecule has 1 unspecified atom stereocenters. The molecule has 1 N–H and O–H groups in total. The SMILES string of the molecule is CCCCC/C=C/C/C=C/C/C=C/C/C=C/CCCCOC(CC)C(=O)O. The molecule has 0 saturated heterocycles. The van der Waals surface area contributed by atoms with Crippen molar-refractivity contribution >= 4 is 5.97 Å². The number of hydrogen-bond acceptors (Lipinski definition) is 2. The topological polar surface area (TPSA) is 46.5 Å². The number of carbonyl (C=O) groups is 1. The molecule has 0 aromatic heterocycles. The molecular formula is C24H40O3. The van der Waals surface area contributed by atoms with Crippen LogP contribution in [-0.4, -0.2) is 23.8 Å². The molecule has 0 spiro atoms. The lowest BCUT2D eigenvalue weighted by Crippen LogP contribution is -2.23. The molecule has 0 aliphatic carbocycles. The number of hydrogen-bond donors (Lipinski definition) is 1. The van der Waals surface area contributed by atoms with Crippen LogP contribution in [0.15, 0.2) is 48.6 Å². The molecule has 0 saturated carbocycles. The molecule has 0 rings (SSSR count). The maximum absolute atomic E-state index is 10.8. The lowest BCUT2D eigenvalue weighted by atomic mass is 10.2. The zero-order chi connectivity index (χ0) is 20.0. The van der Waals surface area contributed by atoms with Gasteiger partial charge in [0.1, 0.15) is 0 Å². The van der Waals surface area contributed by atoms with Gasteiger partial charge in [0.15, 0.2) is 6.10 Å². The van der Waals surface area contributed by atoms with Crippen LogP contribution in [0.2, 0.25) is 0 Å². The Balaban J connectivity index is 3.47. The summed E-state index contributed by atoms with van der Waals surface area (Å²) in [5.74, 6) is -0.863. The summed E-state index contributed by atoms with van der Waals surface area (Å²) in [5, 5.41) is 8.87. The summed E-state index contributed by atoms with van der Waals surface area (Å²) in [5.41, 5.74) is 0. The van der Waals surface area contributed by atoms with Crippen molar-refractivity contribution in [2.75, 3.05) is 6.61 Å². The molecule has 0 bridgehead atoms. The molecule has 0 aromatic carbocycles. The highest BCUT2D eigenvalue weighted by Gasteiger charge is 2.14. The minimum Gasteiger partial charge on any atom is -0.479 e. The maximum Gasteiger partial charge on any atom is 0.332 e. The monoisotopic (exact) mass is 376 g/mol. The fraction of sp³-hybridized carbons (Fsp3) is 0.625. The van der Waals surface area contributed by atoms with E-state index in [0.29, 0.717) is 13.0 Å². The van der Waals surface area contributed by atoms with E-state index in [-0.39, 0.29) is 0 Å². The molecule has 0 aliphatic rings. The predicted octanol–water partition coefficient (Wildman–Crippen LogP) is 7.01. The average Bonchev–Trinajstić information content (AvgIpc) is 2.66. The summed E-state index contributed by atoms with van der Waals surface area (Å²) in [6.45, 7) is 4.59. The van der Waals surface area contributed by atoms with Gasteiger partial charge in [-0.3, -0.25) is 0 Å². The van der Waals surface area contributed by atoms with Crippen LogP contribution in [0, 0.1) is 0 Å². The van der Waals surface area contributed by atoms with Crippen molar-refractivity contribution in [3.8, 4) is 0 Å². The minimum atomic E-state index is -0.863. The van der Waals surface area contributed by atoms with E-state index in [2.05, 4.69) is 55.5 Å². The van der Waals surface area contributed by atoms with Gasteiger partial charge in [0.2, 0.25) is 0 Å². The second-order valence-electron chi connectivity index (χ2n) is 6.69. The molecule has 1 atom stereocenters. The first-order chi connectivity index (χ1) is 13.2. The van der Waals surface area contributed by atoms with Gasteiger partial charge in [-0.05, 0) is 57.8 Å². The lowest BCUT2D eigenvalue weighted by Gasteiger charge is -2.10. The number of aliphatic carboxylic acids is 1. The molecule has 154 valence electrons. The van der Waals surface area contributed by atoms with Gasteiger partial charge in [-0.1, -0.05) is 75.3 Å². The number of carboxylic acid groups (broad SMARTS) is 1. The van der Waals surface area contributed by atoms with Gasteiger partial charge in [-0.25, -0.2) is 4.79 Å². The number of unbranched alkanes of at least 4 members (excludes halogenated alkanes) is 5. The minimum absolute atomic E-state index is 0.520. The Labute approximate surface area is 166 Å². The van der Waals surface area contributed by atoms with Crippen LogP contribution >= 0.6 is 0 Å². The molecule has 3 nitrogen and oxygen atoms in total. The van der Waals surface area contributed by atoms with Gasteiger partial charge in [0.05, 0.1) is 0 Å². The highest BCUT2D eigenvalue weighted by atomic mass is 16.5. The predicted molar refractivity (Wildman–Crippen MR) is 116 cm³/mol. The smallest absolute Gasteiger partial charge is 0.332 e. The Morgan fingerprint density at radius 2 is 1.26 bits per heavy atom. The lowest BCUT2D eigenvalue weighted by molar-refractivity contribution is -0.150. The zero-order valence-corrected chi connectivity index (χ0v) is 17.4. The summed E-state index contributed by atoms with van der Waals surface area (Å²) in [4.78, 5) is 10.8. The van der Waals surface area contributed by atoms with E-state index in [9.17, 15) is 4.79 Å². The van der Waals surface area contributed by atoms with Crippen LogP contribution in [0.1, 0.15) is 84.5 Å². The first-order valence-electron chi connectivity index (χ1n) is 10.7. The van der Waals surface area contributed by atoms with Crippen molar-refractivity contribution in [1.82, 2.24) is 0 Å². The Morgan fingerprint density at radius 3 is 1.70 bits per heavy atom. The molecule has 0 aromatic rings. The second-order valence-corrected chi connectivity index (χ2v) is 6.69. The second kappa shape index (κ2) is 20.7. The van der Waals surface area contributed by atoms with Crippen LogP contribution in [-0.2, 0) is 9.53 Å². The zero-order valence-electron chi connectivity index (χ0n) is 17.4. The first-order valence-corrected chi connectivity index (χ1v) is 10.7. The summed E-state index contributed by atoms with van der Waals surface area (Å²) >= 11 is 0. The fourth-order valence-electron chi connectivity index (χ4n) is 2.51. The average molecular weight is 377 g/mol. The largest absolute Gasteiger partial charge is 0.479 e. The van der Waals surface area contributed by atoms with E-state index in [1.54, 1.807) is 0 Å². The molecule has 0 amide bonds. The molecule has 27 heavy (non-hydrogen) atoms. The van der Waals surface area contributed by atoms with Crippen molar-refractivity contribution < 1.29 is 14.6 Å². The standard InChI is InChI=1S/C24H40O3/c1-3-5-6-7-8-9-10-11-12-13-14-15-16-17-18-19-20-21-22-27-23(4-2)24(25)26/h8-9,11-12,14-15,17-18,23H,3-7,10,13,16,19-22H2,1-2H3,(H,25,26)/b9-8+,12-11+,15-14+,18-17+. The van der Waals surface area contributed by atoms with Crippen LogP contribution in [0.4, 0.5) is 0 Å². The van der Waals surface area contributed by atoms with Gasteiger partial charge in [-0.2, -0.15) is 0 Å². The third kappa shape index (κ3) is 19.0. The molecule has 0 aliphatic heterocycles. The molecule has 0 fully saturated rings. The van der Waals surface area contributed by atoms with E-state index < -0.39 is 12.1 Å². The van der Waals surface area contributed by atoms with Gasteiger partial charge < -0.3 is 9.84 Å². The van der Waals surface area contributed by atoms with E-state index in [0.717, 1.165) is 38.5 Å². The molecule has 0 radical (unpaired) electrons. The van der Waals surface area contributed by atoms with Crippen molar-refractivity contribution in [3.63, 3.8) is 0 Å². The highest BCUT2D eigenvalue weighted by molar-refractivity contribution is 5.72. The fourth-order valence-corrected chi connectivity index (χ4v) is 2.51. The Bertz CT molecular complexity index is 447. The van der Waals surface area contributed by atoms with Gasteiger partial charge in [0.25, 0.3) is 0 Å². The molecule has 3 heteroatoms. The summed E-state index contributed by atoms with van der Waals surface area (Å²) in [6, 6.07) is 0. The Morgan fingerprint density at radius 1 is 0.778 bits per heavy atom. The maximum atomic E-state index is 10.8. The van der Waals surface area contributed by atoms with Gasteiger partial charge in [0, 0.05) is 6.61 Å². The van der Waals surface area contributed by atoms with Crippen molar-refractivity contribution in [3.05, 3.63) is 48.6 Å². The number of allylic oxidation sites excluding steroid dienone is 8. The molecular weight excluding hydrogens is 336 g/mol. The van der Waals surface area contributed by atoms with Crippen LogP contribution in [0.3, 0.4) is 0 Å². The number of carboxylic acids is 1. The van der Waals surface area contributed by atoms with Crippen LogP contribution < -0.4 is 0 Å². The highest BCUT2D eigenvalue weighted by Crippen LogP contribution is 2.04. The van der Waals surface area contributed by atoms with Crippen molar-refractivity contribution in [2.45, 2.75) is 90.6 Å². The Kier molecular flexibility index (Phi) is 19.5. The number of ether oxygens (including phenoxy) is 1. The number of rotatable bonds is 18. The van der Waals surface area contributed by atoms with Crippen molar-refractivity contribution in [2.24, 2.45) is 0 Å². The first kappa shape index (κ1) is 25.4. The normalized spacial score (nSPS) is 13.6. The van der Waals surface area contributed by atoms with Crippen LogP contribution in [0.25, 0.3) is 0 Å². The summed E-state index contributed by atoms with van der Waals surface area (Å²) < 4.78 is 5.34. The molecule has 0 heterocycles.